The van der Waals surface area contributed by atoms with Crippen molar-refractivity contribution in [2.24, 2.45) is 0 Å². The van der Waals surface area contributed by atoms with E-state index in [1.807, 2.05) is 0 Å². The van der Waals surface area contributed by atoms with Crippen LogP contribution in [-0.2, 0) is 4.79 Å². The van der Waals surface area contributed by atoms with Crippen LogP contribution in [0.2, 0.25) is 5.02 Å². The molecule has 1 aromatic heterocycles. The molecule has 0 aliphatic carbocycles. The largest absolute Gasteiger partial charge is 0.482 e. The van der Waals surface area contributed by atoms with Gasteiger partial charge in [-0.1, -0.05) is 11.6 Å². The van der Waals surface area contributed by atoms with Crippen LogP contribution >= 0.6 is 11.6 Å². The number of benzene rings is 2. The van der Waals surface area contributed by atoms with Gasteiger partial charge in [0.1, 0.15) is 11.3 Å². The van der Waals surface area contributed by atoms with Gasteiger partial charge in [0.15, 0.2) is 6.61 Å². The molecule has 1 aliphatic heterocycles. The molecular weight excluding hydrogens is 412 g/mol. The van der Waals surface area contributed by atoms with Gasteiger partial charge in [-0.25, -0.2) is 4.79 Å². The van der Waals surface area contributed by atoms with Gasteiger partial charge in [-0.15, -0.1) is 0 Å². The number of amides is 3. The van der Waals surface area contributed by atoms with Crippen LogP contribution in [0.1, 0.15) is 26.3 Å². The number of rotatable bonds is 4. The second kappa shape index (κ2) is 7.31. The number of hydrogen-bond donors (Lipinski definition) is 1. The molecule has 0 saturated heterocycles. The summed E-state index contributed by atoms with van der Waals surface area (Å²) in [5, 5.41) is 3.53. The highest BCUT2D eigenvalue weighted by molar-refractivity contribution is 6.32. The van der Waals surface area contributed by atoms with E-state index in [1.54, 1.807) is 13.0 Å². The molecule has 4 rings (SSSR count). The molecule has 2 aromatic carbocycles. The summed E-state index contributed by atoms with van der Waals surface area (Å²) < 4.78 is 10.6. The molecule has 1 N–H and O–H groups in total. The SMILES string of the molecule is Cc1cc(=O)oc2cc(OCC(=O)Nc3ccc4c(c3)C(=O)N(C)C4=O)c(Cl)cc12. The molecule has 0 atom stereocenters. The van der Waals surface area contributed by atoms with E-state index in [9.17, 15) is 19.2 Å². The number of carbonyl (C=O) groups is 3. The molecule has 9 heteroatoms. The van der Waals surface area contributed by atoms with Crippen molar-refractivity contribution in [2.45, 2.75) is 6.92 Å². The van der Waals surface area contributed by atoms with E-state index in [1.165, 1.54) is 37.4 Å². The van der Waals surface area contributed by atoms with Gasteiger partial charge in [0.25, 0.3) is 17.7 Å². The fourth-order valence-electron chi connectivity index (χ4n) is 3.21. The Bertz CT molecular complexity index is 1300. The minimum Gasteiger partial charge on any atom is -0.482 e. The summed E-state index contributed by atoms with van der Waals surface area (Å²) in [4.78, 5) is 48.8. The molecule has 0 unspecified atom stereocenters. The third-order valence-corrected chi connectivity index (χ3v) is 5.03. The van der Waals surface area contributed by atoms with Crippen molar-refractivity contribution in [3.05, 3.63) is 68.5 Å². The van der Waals surface area contributed by atoms with Crippen LogP contribution in [0, 0.1) is 6.92 Å². The molecule has 8 nitrogen and oxygen atoms in total. The van der Waals surface area contributed by atoms with Crippen molar-refractivity contribution < 1.29 is 23.5 Å². The predicted molar refractivity (Wildman–Crippen MR) is 109 cm³/mol. The summed E-state index contributed by atoms with van der Waals surface area (Å²) in [5.41, 5.74) is 1.38. The maximum atomic E-state index is 12.3. The van der Waals surface area contributed by atoms with E-state index < -0.39 is 17.4 Å². The summed E-state index contributed by atoms with van der Waals surface area (Å²) in [5.74, 6) is -1.13. The number of halogens is 1. The number of imide groups is 1. The third-order valence-electron chi connectivity index (χ3n) is 4.74. The van der Waals surface area contributed by atoms with Crippen LogP contribution in [0.15, 0.2) is 45.6 Å². The van der Waals surface area contributed by atoms with Crippen LogP contribution in [0.25, 0.3) is 11.0 Å². The van der Waals surface area contributed by atoms with Crippen LogP contribution in [0.5, 0.6) is 5.75 Å². The zero-order chi connectivity index (χ0) is 21.6. The molecule has 152 valence electrons. The summed E-state index contributed by atoms with van der Waals surface area (Å²) >= 11 is 6.22. The lowest BCUT2D eigenvalue weighted by molar-refractivity contribution is -0.118. The number of fused-ring (bicyclic) bond motifs is 2. The number of anilines is 1. The highest BCUT2D eigenvalue weighted by atomic mass is 35.5. The van der Waals surface area contributed by atoms with E-state index >= 15 is 0 Å². The molecule has 1 aliphatic rings. The lowest BCUT2D eigenvalue weighted by atomic mass is 10.1. The Balaban J connectivity index is 1.48. The Morgan fingerprint density at radius 2 is 1.83 bits per heavy atom. The zero-order valence-corrected chi connectivity index (χ0v) is 16.7. The van der Waals surface area contributed by atoms with Crippen molar-refractivity contribution in [2.75, 3.05) is 19.0 Å². The molecular formula is C21H15ClN2O6. The molecule has 2 heterocycles. The normalized spacial score (nSPS) is 13.0. The highest BCUT2D eigenvalue weighted by Crippen LogP contribution is 2.31. The van der Waals surface area contributed by atoms with E-state index in [-0.39, 0.29) is 34.4 Å². The van der Waals surface area contributed by atoms with E-state index in [2.05, 4.69) is 5.32 Å². The van der Waals surface area contributed by atoms with Gasteiger partial charge in [0, 0.05) is 30.3 Å². The molecule has 0 spiro atoms. The minimum atomic E-state index is -0.499. The molecule has 3 aromatic rings. The average molecular weight is 427 g/mol. The molecule has 3 amide bonds. The summed E-state index contributed by atoms with van der Waals surface area (Å²) in [6.07, 6.45) is 0. The number of hydrogen-bond acceptors (Lipinski definition) is 6. The topological polar surface area (TPSA) is 106 Å². The van der Waals surface area contributed by atoms with Crippen molar-refractivity contribution in [3.8, 4) is 5.75 Å². The average Bonchev–Trinajstić information content (AvgIpc) is 2.91. The molecule has 0 radical (unpaired) electrons. The zero-order valence-electron chi connectivity index (χ0n) is 15.9. The number of nitrogens with one attached hydrogen (secondary N) is 1. The molecule has 0 fully saturated rings. The number of carbonyl (C=O) groups excluding carboxylic acids is 3. The highest BCUT2D eigenvalue weighted by Gasteiger charge is 2.32. The van der Waals surface area contributed by atoms with Gasteiger partial charge in [-0.3, -0.25) is 19.3 Å². The third kappa shape index (κ3) is 3.42. The lowest BCUT2D eigenvalue weighted by Gasteiger charge is -2.10. The predicted octanol–water partition coefficient (Wildman–Crippen LogP) is 3.00. The van der Waals surface area contributed by atoms with Crippen molar-refractivity contribution in [1.29, 1.82) is 0 Å². The monoisotopic (exact) mass is 426 g/mol. The van der Waals surface area contributed by atoms with Crippen LogP contribution in [0.3, 0.4) is 0 Å². The van der Waals surface area contributed by atoms with E-state index in [0.717, 1.165) is 4.90 Å². The molecule has 0 bridgehead atoms. The Kier molecular flexibility index (Phi) is 4.79. The quantitative estimate of drug-likeness (QED) is 0.507. The van der Waals surface area contributed by atoms with Gasteiger partial charge >= 0.3 is 5.63 Å². The summed E-state index contributed by atoms with van der Waals surface area (Å²) in [6.45, 7) is 1.39. The van der Waals surface area contributed by atoms with Crippen molar-refractivity contribution in [1.82, 2.24) is 4.90 Å². The Morgan fingerprint density at radius 1 is 1.10 bits per heavy atom. The summed E-state index contributed by atoms with van der Waals surface area (Å²) in [7, 11) is 1.40. The Hall–Kier alpha value is -3.65. The van der Waals surface area contributed by atoms with Crippen molar-refractivity contribution >= 4 is 46.0 Å². The van der Waals surface area contributed by atoms with Crippen LogP contribution < -0.4 is 15.7 Å². The summed E-state index contributed by atoms with van der Waals surface area (Å²) in [6, 6.07) is 8.87. The standard InChI is InChI=1S/C21H15ClN2O6/c1-10-5-19(26)30-16-8-17(15(22)7-13(10)16)29-9-18(25)23-11-3-4-12-14(6-11)21(28)24(2)20(12)27/h3-8H,9H2,1-2H3,(H,23,25). The minimum absolute atomic E-state index is 0.185. The van der Waals surface area contributed by atoms with Gasteiger partial charge < -0.3 is 14.5 Å². The van der Waals surface area contributed by atoms with E-state index in [4.69, 9.17) is 20.8 Å². The molecule has 0 saturated carbocycles. The fourth-order valence-corrected chi connectivity index (χ4v) is 3.43. The Labute approximate surface area is 175 Å². The van der Waals surface area contributed by atoms with Gasteiger partial charge in [0.2, 0.25) is 0 Å². The second-order valence-corrected chi connectivity index (χ2v) is 7.20. The van der Waals surface area contributed by atoms with Crippen LogP contribution in [0.4, 0.5) is 5.69 Å². The second-order valence-electron chi connectivity index (χ2n) is 6.79. The van der Waals surface area contributed by atoms with Crippen LogP contribution in [-0.4, -0.2) is 36.3 Å². The molecule has 30 heavy (non-hydrogen) atoms. The first-order valence-electron chi connectivity index (χ1n) is 8.87. The Morgan fingerprint density at radius 3 is 2.60 bits per heavy atom. The van der Waals surface area contributed by atoms with Gasteiger partial charge in [-0.2, -0.15) is 0 Å². The fraction of sp³-hybridized carbons (Fsp3) is 0.143. The van der Waals surface area contributed by atoms with Gasteiger partial charge in [0.05, 0.1) is 16.1 Å². The number of aryl methyl sites for hydroxylation is 1. The maximum absolute atomic E-state index is 12.3. The smallest absolute Gasteiger partial charge is 0.336 e. The number of nitrogens with zero attached hydrogens (tertiary/aromatic N) is 1. The lowest BCUT2D eigenvalue weighted by Crippen LogP contribution is -2.24. The first-order chi connectivity index (χ1) is 14.2. The maximum Gasteiger partial charge on any atom is 0.336 e. The van der Waals surface area contributed by atoms with E-state index in [0.29, 0.717) is 22.2 Å². The first-order valence-corrected chi connectivity index (χ1v) is 9.25. The number of ether oxygens (including phenoxy) is 1. The van der Waals surface area contributed by atoms with Crippen molar-refractivity contribution in [3.63, 3.8) is 0 Å². The van der Waals surface area contributed by atoms with Gasteiger partial charge in [-0.05, 0) is 36.8 Å². The first kappa shape index (κ1) is 19.7.